The van der Waals surface area contributed by atoms with Crippen LogP contribution in [0.2, 0.25) is 0 Å². The molecular weight excluding hydrogens is 310 g/mol. The lowest BCUT2D eigenvalue weighted by molar-refractivity contribution is -0.384. The van der Waals surface area contributed by atoms with E-state index in [-0.39, 0.29) is 16.8 Å². The van der Waals surface area contributed by atoms with E-state index in [1.807, 2.05) is 0 Å². The zero-order valence-corrected chi connectivity index (χ0v) is 12.3. The summed E-state index contributed by atoms with van der Waals surface area (Å²) < 4.78 is 0. The van der Waals surface area contributed by atoms with Gasteiger partial charge < -0.3 is 0 Å². The van der Waals surface area contributed by atoms with Crippen LogP contribution in [-0.4, -0.2) is 22.3 Å². The Labute approximate surface area is 136 Å². The molecule has 6 nitrogen and oxygen atoms in total. The van der Waals surface area contributed by atoms with Gasteiger partial charge in [-0.15, -0.1) is 0 Å². The molecule has 0 saturated heterocycles. The Hall–Kier alpha value is -3.41. The molecule has 0 saturated carbocycles. The first-order valence-corrected chi connectivity index (χ1v) is 7.13. The van der Waals surface area contributed by atoms with E-state index < -0.39 is 28.2 Å². The van der Waals surface area contributed by atoms with Crippen molar-refractivity contribution in [3.63, 3.8) is 0 Å². The molecule has 0 aromatic heterocycles. The molecule has 2 aromatic rings. The van der Waals surface area contributed by atoms with E-state index >= 15 is 0 Å². The van der Waals surface area contributed by atoms with Gasteiger partial charge in [0.2, 0.25) is 0 Å². The van der Waals surface area contributed by atoms with Gasteiger partial charge in [0.1, 0.15) is 5.92 Å². The fraction of sp³-hybridized carbons (Fsp3) is 0.0556. The minimum absolute atomic E-state index is 0.0601. The van der Waals surface area contributed by atoms with Gasteiger partial charge in [0.05, 0.1) is 4.92 Å². The van der Waals surface area contributed by atoms with E-state index in [1.54, 1.807) is 12.1 Å². The normalized spacial score (nSPS) is 14.2. The molecule has 0 N–H and O–H groups in total. The van der Waals surface area contributed by atoms with Crippen LogP contribution in [0.5, 0.6) is 0 Å². The van der Waals surface area contributed by atoms with E-state index in [0.29, 0.717) is 5.56 Å². The van der Waals surface area contributed by atoms with Gasteiger partial charge in [-0.05, 0) is 23.8 Å². The van der Waals surface area contributed by atoms with Gasteiger partial charge in [0, 0.05) is 23.3 Å². The average Bonchev–Trinajstić information content (AvgIpc) is 2.85. The Bertz CT molecular complexity index is 861. The van der Waals surface area contributed by atoms with Crippen molar-refractivity contribution < 1.29 is 19.3 Å². The molecule has 2 aromatic carbocycles. The lowest BCUT2D eigenvalue weighted by atomic mass is 9.97. The van der Waals surface area contributed by atoms with Crippen LogP contribution in [0.15, 0.2) is 54.6 Å². The zero-order chi connectivity index (χ0) is 17.3. The van der Waals surface area contributed by atoms with Crippen LogP contribution in [0.25, 0.3) is 6.08 Å². The number of carbonyl (C=O) groups excluding carboxylic acids is 3. The smallest absolute Gasteiger partial charge is 0.269 e. The number of benzene rings is 2. The Morgan fingerprint density at radius 1 is 0.958 bits per heavy atom. The molecule has 3 rings (SSSR count). The first kappa shape index (κ1) is 15.5. The Kier molecular flexibility index (Phi) is 3.87. The highest BCUT2D eigenvalue weighted by atomic mass is 16.6. The third-order valence-corrected chi connectivity index (χ3v) is 3.81. The fourth-order valence-corrected chi connectivity index (χ4v) is 2.58. The largest absolute Gasteiger partial charge is 0.294 e. The van der Waals surface area contributed by atoms with Crippen LogP contribution in [0.1, 0.15) is 26.3 Å². The number of non-ortho nitro benzene ring substituents is 1. The number of nitro groups is 1. The maximum atomic E-state index is 12.2. The zero-order valence-electron chi connectivity index (χ0n) is 12.3. The van der Waals surface area contributed by atoms with E-state index in [4.69, 9.17) is 0 Å². The second kappa shape index (κ2) is 6.00. The highest BCUT2D eigenvalue weighted by Crippen LogP contribution is 2.27. The molecule has 0 fully saturated rings. The maximum absolute atomic E-state index is 12.2. The summed E-state index contributed by atoms with van der Waals surface area (Å²) in [5.74, 6) is -2.92. The summed E-state index contributed by atoms with van der Waals surface area (Å²) >= 11 is 0. The minimum Gasteiger partial charge on any atom is -0.294 e. The summed E-state index contributed by atoms with van der Waals surface area (Å²) in [5, 5.41) is 10.6. The summed E-state index contributed by atoms with van der Waals surface area (Å²) in [5.41, 5.74) is 1.04. The molecule has 0 bridgehead atoms. The molecule has 1 aliphatic carbocycles. The average molecular weight is 321 g/mol. The van der Waals surface area contributed by atoms with Gasteiger partial charge in [-0.2, -0.15) is 0 Å². The van der Waals surface area contributed by atoms with Gasteiger partial charge in [0.15, 0.2) is 17.3 Å². The molecule has 0 amide bonds. The highest BCUT2D eigenvalue weighted by molar-refractivity contribution is 6.37. The third kappa shape index (κ3) is 2.65. The molecule has 0 atom stereocenters. The molecule has 0 radical (unpaired) electrons. The number of hydrogen-bond donors (Lipinski definition) is 0. The van der Waals surface area contributed by atoms with E-state index in [0.717, 1.165) is 6.08 Å². The third-order valence-electron chi connectivity index (χ3n) is 3.81. The summed E-state index contributed by atoms with van der Waals surface area (Å²) in [6.45, 7) is 0. The van der Waals surface area contributed by atoms with Gasteiger partial charge in [-0.25, -0.2) is 0 Å². The van der Waals surface area contributed by atoms with Gasteiger partial charge >= 0.3 is 0 Å². The van der Waals surface area contributed by atoms with Crippen LogP contribution in [0.3, 0.4) is 0 Å². The Morgan fingerprint density at radius 2 is 1.50 bits per heavy atom. The van der Waals surface area contributed by atoms with Crippen LogP contribution in [-0.2, 0) is 4.79 Å². The molecule has 118 valence electrons. The molecule has 0 heterocycles. The van der Waals surface area contributed by atoms with Crippen molar-refractivity contribution in [2.24, 2.45) is 5.92 Å². The molecule has 0 spiro atoms. The molecule has 1 aliphatic rings. The number of fused-ring (bicyclic) bond motifs is 1. The number of rotatable bonds is 4. The van der Waals surface area contributed by atoms with Crippen molar-refractivity contribution in [3.8, 4) is 0 Å². The number of ketones is 3. The van der Waals surface area contributed by atoms with E-state index in [1.165, 1.54) is 42.5 Å². The monoisotopic (exact) mass is 321 g/mol. The first-order valence-electron chi connectivity index (χ1n) is 7.13. The second-order valence-corrected chi connectivity index (χ2v) is 5.29. The summed E-state index contributed by atoms with van der Waals surface area (Å²) in [4.78, 5) is 46.8. The van der Waals surface area contributed by atoms with Crippen LogP contribution in [0, 0.1) is 16.0 Å². The number of nitrogens with zero attached hydrogens (tertiary/aromatic N) is 1. The quantitative estimate of drug-likeness (QED) is 0.373. The number of hydrogen-bond acceptors (Lipinski definition) is 5. The van der Waals surface area contributed by atoms with Gasteiger partial charge in [-0.1, -0.05) is 30.3 Å². The molecular formula is C18H11NO5. The Balaban J connectivity index is 1.79. The number of allylic oxidation sites excluding steroid dienone is 1. The molecule has 0 unspecified atom stereocenters. The van der Waals surface area contributed by atoms with Crippen molar-refractivity contribution in [2.75, 3.05) is 0 Å². The van der Waals surface area contributed by atoms with Crippen molar-refractivity contribution in [1.29, 1.82) is 0 Å². The maximum Gasteiger partial charge on any atom is 0.269 e. The SMILES string of the molecule is O=C(/C=C/c1ccc([N+](=O)[O-])cc1)C1C(=O)c2ccccc2C1=O. The second-order valence-electron chi connectivity index (χ2n) is 5.29. The number of carbonyl (C=O) groups is 3. The van der Waals surface area contributed by atoms with E-state index in [2.05, 4.69) is 0 Å². The van der Waals surface area contributed by atoms with Crippen molar-refractivity contribution >= 4 is 29.1 Å². The lowest BCUT2D eigenvalue weighted by Gasteiger charge is -2.01. The number of nitro benzene ring substituents is 1. The van der Waals surface area contributed by atoms with E-state index in [9.17, 15) is 24.5 Å². The highest BCUT2D eigenvalue weighted by Gasteiger charge is 2.41. The van der Waals surface area contributed by atoms with Crippen LogP contribution < -0.4 is 0 Å². The van der Waals surface area contributed by atoms with Crippen molar-refractivity contribution in [2.45, 2.75) is 0 Å². The van der Waals surface area contributed by atoms with Crippen molar-refractivity contribution in [3.05, 3.63) is 81.4 Å². The van der Waals surface area contributed by atoms with Crippen molar-refractivity contribution in [1.82, 2.24) is 0 Å². The minimum atomic E-state index is -1.34. The predicted octanol–water partition coefficient (Wildman–Crippen LogP) is 2.87. The Morgan fingerprint density at radius 3 is 2.00 bits per heavy atom. The lowest BCUT2D eigenvalue weighted by Crippen LogP contribution is -2.23. The molecule has 6 heteroatoms. The fourth-order valence-electron chi connectivity index (χ4n) is 2.58. The molecule has 0 aliphatic heterocycles. The van der Waals surface area contributed by atoms with Gasteiger partial charge in [0.25, 0.3) is 5.69 Å². The molecule has 24 heavy (non-hydrogen) atoms. The summed E-state index contributed by atoms with van der Waals surface area (Å²) in [6, 6.07) is 11.9. The summed E-state index contributed by atoms with van der Waals surface area (Å²) in [6.07, 6.45) is 2.59. The summed E-state index contributed by atoms with van der Waals surface area (Å²) in [7, 11) is 0. The standard InChI is InChI=1S/C18H11NO5/c20-15(10-7-11-5-8-12(9-6-11)19(23)24)16-17(21)13-3-1-2-4-14(13)18(16)22/h1-10,16H/b10-7+. The van der Waals surface area contributed by atoms with Crippen LogP contribution >= 0.6 is 0 Å². The van der Waals surface area contributed by atoms with Gasteiger partial charge in [-0.3, -0.25) is 24.5 Å². The van der Waals surface area contributed by atoms with Crippen LogP contribution in [0.4, 0.5) is 5.69 Å². The topological polar surface area (TPSA) is 94.3 Å². The first-order chi connectivity index (χ1) is 11.5. The predicted molar refractivity (Wildman–Crippen MR) is 85.7 cm³/mol. The number of Topliss-reactive ketones (excluding diaryl/α,β-unsaturated/α-hetero) is 2.